The number of pyridine rings is 1. The van der Waals surface area contributed by atoms with Crippen molar-refractivity contribution in [3.05, 3.63) is 24.2 Å². The molecule has 2 aromatic rings. The standard InChI is InChI=1S/C17H24N4/c1-20-11-5-8-14(20)12-16-19-15-9-4-10-18-17(15)21(16)13-6-2-3-7-13/h4,9-10,13-14H,2-3,5-8,11-12H2,1H3. The van der Waals surface area contributed by atoms with Crippen LogP contribution in [0, 0.1) is 0 Å². The first-order valence-electron chi connectivity index (χ1n) is 8.35. The highest BCUT2D eigenvalue weighted by Crippen LogP contribution is 2.34. The van der Waals surface area contributed by atoms with E-state index in [1.807, 2.05) is 12.3 Å². The monoisotopic (exact) mass is 284 g/mol. The Labute approximate surface area is 126 Å². The molecule has 112 valence electrons. The van der Waals surface area contributed by atoms with Gasteiger partial charge in [0.15, 0.2) is 5.65 Å². The fourth-order valence-electron chi connectivity index (χ4n) is 4.11. The Kier molecular flexibility index (Phi) is 3.42. The Balaban J connectivity index is 1.74. The molecule has 0 radical (unpaired) electrons. The lowest BCUT2D eigenvalue weighted by Crippen LogP contribution is -2.28. The number of rotatable bonds is 3. The molecule has 1 aliphatic heterocycles. The van der Waals surface area contributed by atoms with Crippen molar-refractivity contribution in [3.63, 3.8) is 0 Å². The van der Waals surface area contributed by atoms with Crippen LogP contribution in [0.2, 0.25) is 0 Å². The SMILES string of the molecule is CN1CCCC1Cc1nc2cccnc2n1C1CCCC1. The van der Waals surface area contributed by atoms with Gasteiger partial charge in [-0.1, -0.05) is 12.8 Å². The number of hydrogen-bond acceptors (Lipinski definition) is 3. The third kappa shape index (κ3) is 2.35. The number of hydrogen-bond donors (Lipinski definition) is 0. The first-order valence-corrected chi connectivity index (χ1v) is 8.35. The molecule has 2 fully saturated rings. The molecule has 1 atom stereocenters. The van der Waals surface area contributed by atoms with Crippen LogP contribution in [0.5, 0.6) is 0 Å². The third-order valence-corrected chi connectivity index (χ3v) is 5.30. The van der Waals surface area contributed by atoms with Gasteiger partial charge >= 0.3 is 0 Å². The van der Waals surface area contributed by atoms with Gasteiger partial charge in [-0.15, -0.1) is 0 Å². The van der Waals surface area contributed by atoms with E-state index in [1.165, 1.54) is 50.9 Å². The Morgan fingerprint density at radius 1 is 1.19 bits per heavy atom. The van der Waals surface area contributed by atoms with Gasteiger partial charge in [0.05, 0.1) is 0 Å². The van der Waals surface area contributed by atoms with Gasteiger partial charge in [-0.2, -0.15) is 0 Å². The summed E-state index contributed by atoms with van der Waals surface area (Å²) in [6.07, 6.45) is 10.9. The van der Waals surface area contributed by atoms with E-state index in [0.717, 1.165) is 17.6 Å². The van der Waals surface area contributed by atoms with Gasteiger partial charge in [0.2, 0.25) is 0 Å². The number of imidazole rings is 1. The van der Waals surface area contributed by atoms with Crippen LogP contribution in [-0.4, -0.2) is 39.1 Å². The van der Waals surface area contributed by atoms with Crippen LogP contribution >= 0.6 is 0 Å². The summed E-state index contributed by atoms with van der Waals surface area (Å²) >= 11 is 0. The quantitative estimate of drug-likeness (QED) is 0.868. The van der Waals surface area contributed by atoms with Gasteiger partial charge in [-0.3, -0.25) is 0 Å². The summed E-state index contributed by atoms with van der Waals surface area (Å²) in [5.74, 6) is 1.26. The number of likely N-dealkylation sites (tertiary alicyclic amines) is 1. The van der Waals surface area contributed by atoms with Gasteiger partial charge in [0.1, 0.15) is 11.3 Å². The minimum atomic E-state index is 0.617. The maximum Gasteiger partial charge on any atom is 0.160 e. The van der Waals surface area contributed by atoms with Crippen molar-refractivity contribution in [2.45, 2.75) is 57.0 Å². The molecule has 0 aromatic carbocycles. The highest BCUT2D eigenvalue weighted by Gasteiger charge is 2.27. The predicted molar refractivity (Wildman–Crippen MR) is 84.4 cm³/mol. The minimum absolute atomic E-state index is 0.617. The summed E-state index contributed by atoms with van der Waals surface area (Å²) in [6.45, 7) is 1.23. The molecule has 1 saturated heterocycles. The van der Waals surface area contributed by atoms with Gasteiger partial charge in [0.25, 0.3) is 0 Å². The van der Waals surface area contributed by atoms with E-state index in [2.05, 4.69) is 27.6 Å². The molecule has 1 unspecified atom stereocenters. The van der Waals surface area contributed by atoms with Crippen molar-refractivity contribution in [3.8, 4) is 0 Å². The summed E-state index contributed by atoms with van der Waals surface area (Å²) in [7, 11) is 2.25. The Morgan fingerprint density at radius 2 is 2.05 bits per heavy atom. The van der Waals surface area contributed by atoms with Gasteiger partial charge in [-0.05, 0) is 51.4 Å². The van der Waals surface area contributed by atoms with E-state index in [1.54, 1.807) is 0 Å². The Bertz CT molecular complexity index is 627. The van der Waals surface area contributed by atoms with Crippen LogP contribution in [0.1, 0.15) is 50.4 Å². The van der Waals surface area contributed by atoms with Crippen LogP contribution in [0.3, 0.4) is 0 Å². The van der Waals surface area contributed by atoms with Crippen LogP contribution < -0.4 is 0 Å². The van der Waals surface area contributed by atoms with Gasteiger partial charge in [-0.25, -0.2) is 9.97 Å². The molecule has 3 heterocycles. The molecule has 0 N–H and O–H groups in total. The molecule has 21 heavy (non-hydrogen) atoms. The molecule has 0 bridgehead atoms. The number of aromatic nitrogens is 3. The fraction of sp³-hybridized carbons (Fsp3) is 0.647. The molecule has 0 amide bonds. The number of fused-ring (bicyclic) bond motifs is 1. The summed E-state index contributed by atoms with van der Waals surface area (Å²) in [6, 6.07) is 5.38. The summed E-state index contributed by atoms with van der Waals surface area (Å²) in [4.78, 5) is 12.0. The molecule has 1 aliphatic carbocycles. The molecule has 2 aliphatic rings. The molecular weight excluding hydrogens is 260 g/mol. The maximum absolute atomic E-state index is 4.93. The molecule has 4 heteroatoms. The third-order valence-electron chi connectivity index (χ3n) is 5.30. The first kappa shape index (κ1) is 13.3. The zero-order chi connectivity index (χ0) is 14.2. The van der Waals surface area contributed by atoms with Crippen LogP contribution in [0.25, 0.3) is 11.2 Å². The lowest BCUT2D eigenvalue weighted by Gasteiger charge is -2.21. The molecule has 4 nitrogen and oxygen atoms in total. The van der Waals surface area contributed by atoms with Crippen molar-refractivity contribution in [2.75, 3.05) is 13.6 Å². The maximum atomic E-state index is 4.93. The van der Waals surface area contributed by atoms with E-state index in [4.69, 9.17) is 4.98 Å². The smallest absolute Gasteiger partial charge is 0.160 e. The lowest BCUT2D eigenvalue weighted by atomic mass is 10.1. The second-order valence-electron chi connectivity index (χ2n) is 6.66. The summed E-state index contributed by atoms with van der Waals surface area (Å²) in [5.41, 5.74) is 2.17. The number of nitrogens with zero attached hydrogens (tertiary/aromatic N) is 4. The normalized spacial score (nSPS) is 24.3. The molecular formula is C17H24N4. The second-order valence-corrected chi connectivity index (χ2v) is 6.66. The van der Waals surface area contributed by atoms with E-state index in [0.29, 0.717) is 12.1 Å². The predicted octanol–water partition coefficient (Wildman–Crippen LogP) is 3.18. The van der Waals surface area contributed by atoms with Crippen LogP contribution in [0.4, 0.5) is 0 Å². The second kappa shape index (κ2) is 5.41. The van der Waals surface area contributed by atoms with E-state index in [-0.39, 0.29) is 0 Å². The molecule has 0 spiro atoms. The van der Waals surface area contributed by atoms with Crippen LogP contribution in [0.15, 0.2) is 18.3 Å². The van der Waals surface area contributed by atoms with Gasteiger partial charge < -0.3 is 9.47 Å². The molecule has 4 rings (SSSR count). The number of likely N-dealkylation sites (N-methyl/N-ethyl adjacent to an activating group) is 1. The first-order chi connectivity index (χ1) is 10.3. The van der Waals surface area contributed by atoms with E-state index < -0.39 is 0 Å². The van der Waals surface area contributed by atoms with Crippen molar-refractivity contribution in [2.24, 2.45) is 0 Å². The van der Waals surface area contributed by atoms with E-state index >= 15 is 0 Å². The molecule has 2 aromatic heterocycles. The van der Waals surface area contributed by atoms with Crippen molar-refractivity contribution in [1.29, 1.82) is 0 Å². The summed E-state index contributed by atoms with van der Waals surface area (Å²) in [5, 5.41) is 0. The van der Waals surface area contributed by atoms with Gasteiger partial charge in [0, 0.05) is 24.7 Å². The zero-order valence-corrected chi connectivity index (χ0v) is 12.8. The average molecular weight is 284 g/mol. The van der Waals surface area contributed by atoms with Crippen molar-refractivity contribution >= 4 is 11.2 Å². The van der Waals surface area contributed by atoms with Crippen molar-refractivity contribution in [1.82, 2.24) is 19.4 Å². The minimum Gasteiger partial charge on any atom is -0.310 e. The highest BCUT2D eigenvalue weighted by molar-refractivity contribution is 5.71. The summed E-state index contributed by atoms with van der Waals surface area (Å²) < 4.78 is 2.47. The van der Waals surface area contributed by atoms with E-state index in [9.17, 15) is 0 Å². The topological polar surface area (TPSA) is 34.0 Å². The fourth-order valence-corrected chi connectivity index (χ4v) is 4.11. The lowest BCUT2D eigenvalue weighted by molar-refractivity contribution is 0.301. The highest BCUT2D eigenvalue weighted by atomic mass is 15.2. The molecule has 1 saturated carbocycles. The zero-order valence-electron chi connectivity index (χ0n) is 12.8. The largest absolute Gasteiger partial charge is 0.310 e. The van der Waals surface area contributed by atoms with Crippen molar-refractivity contribution < 1.29 is 0 Å². The average Bonchev–Trinajstić information content (AvgIpc) is 3.19. The Morgan fingerprint density at radius 3 is 2.81 bits per heavy atom. The van der Waals surface area contributed by atoms with Crippen LogP contribution in [-0.2, 0) is 6.42 Å². The Hall–Kier alpha value is -1.42.